The van der Waals surface area contributed by atoms with Crippen molar-refractivity contribution >= 4 is 33.3 Å². The molecule has 0 saturated carbocycles. The van der Waals surface area contributed by atoms with Gasteiger partial charge in [0.1, 0.15) is 5.75 Å². The van der Waals surface area contributed by atoms with Gasteiger partial charge in [0.25, 0.3) is 0 Å². The topological polar surface area (TPSA) is 45.5 Å². The van der Waals surface area contributed by atoms with Crippen molar-refractivity contribution in [1.29, 1.82) is 0 Å². The van der Waals surface area contributed by atoms with Gasteiger partial charge in [-0.2, -0.15) is 0 Å². The molecule has 1 aromatic carbocycles. The number of hydrogen-bond donors (Lipinski definition) is 1. The van der Waals surface area contributed by atoms with Crippen LogP contribution in [0.3, 0.4) is 0 Å². The zero-order chi connectivity index (χ0) is 12.4. The summed E-state index contributed by atoms with van der Waals surface area (Å²) in [6.07, 6.45) is 5.06. The van der Waals surface area contributed by atoms with Crippen LogP contribution >= 0.6 is 11.3 Å². The second-order valence-electron chi connectivity index (χ2n) is 3.78. The molecule has 2 heterocycles. The minimum absolute atomic E-state index is 0.295. The van der Waals surface area contributed by atoms with Crippen molar-refractivity contribution in [3.8, 4) is 5.75 Å². The van der Waals surface area contributed by atoms with Gasteiger partial charge in [0.15, 0.2) is 0 Å². The molecule has 0 aliphatic heterocycles. The average Bonchev–Trinajstić information content (AvgIpc) is 2.75. The highest BCUT2D eigenvalue weighted by Gasteiger charge is 2.08. The molecular formula is C14H10N2OS. The number of aliphatic imine (C=N–C) groups is 1. The van der Waals surface area contributed by atoms with Crippen LogP contribution in [-0.2, 0) is 0 Å². The molecular weight excluding hydrogens is 244 g/mol. The lowest BCUT2D eigenvalue weighted by Gasteiger charge is -1.91. The van der Waals surface area contributed by atoms with E-state index in [1.807, 2.05) is 36.4 Å². The van der Waals surface area contributed by atoms with Gasteiger partial charge in [-0.25, -0.2) is 0 Å². The molecule has 0 saturated heterocycles. The number of rotatable bonds is 2. The van der Waals surface area contributed by atoms with Crippen LogP contribution < -0.4 is 0 Å². The zero-order valence-corrected chi connectivity index (χ0v) is 10.3. The van der Waals surface area contributed by atoms with Crippen molar-refractivity contribution in [3.63, 3.8) is 0 Å². The molecule has 0 unspecified atom stereocenters. The Labute approximate surface area is 108 Å². The van der Waals surface area contributed by atoms with Gasteiger partial charge in [-0.1, -0.05) is 12.1 Å². The number of benzene rings is 1. The fourth-order valence-corrected chi connectivity index (χ4v) is 2.67. The van der Waals surface area contributed by atoms with Crippen molar-refractivity contribution in [3.05, 3.63) is 53.7 Å². The van der Waals surface area contributed by atoms with Gasteiger partial charge in [0, 0.05) is 22.5 Å². The maximum atomic E-state index is 10.1. The number of fused-ring (bicyclic) bond motifs is 1. The maximum Gasteiger partial charge on any atom is 0.142 e. The summed E-state index contributed by atoms with van der Waals surface area (Å²) in [7, 11) is 0. The van der Waals surface area contributed by atoms with Crippen molar-refractivity contribution < 1.29 is 5.11 Å². The van der Waals surface area contributed by atoms with Crippen molar-refractivity contribution in [1.82, 2.24) is 4.98 Å². The van der Waals surface area contributed by atoms with Gasteiger partial charge in [0.05, 0.1) is 16.8 Å². The molecule has 3 aromatic rings. The Morgan fingerprint density at radius 1 is 1.17 bits per heavy atom. The molecule has 0 radical (unpaired) electrons. The molecule has 1 N–H and O–H groups in total. The van der Waals surface area contributed by atoms with Gasteiger partial charge >= 0.3 is 0 Å². The van der Waals surface area contributed by atoms with Gasteiger partial charge in [0.2, 0.25) is 0 Å². The minimum atomic E-state index is 0.295. The van der Waals surface area contributed by atoms with Crippen LogP contribution in [0, 0.1) is 0 Å². The predicted molar refractivity (Wildman–Crippen MR) is 75.0 cm³/mol. The minimum Gasteiger partial charge on any atom is -0.506 e. The Hall–Kier alpha value is -2.20. The Morgan fingerprint density at radius 3 is 2.83 bits per heavy atom. The molecule has 2 aromatic heterocycles. The third kappa shape index (κ3) is 1.98. The molecule has 0 aliphatic carbocycles. The molecule has 0 aliphatic rings. The molecule has 18 heavy (non-hydrogen) atoms. The molecule has 3 nitrogen and oxygen atoms in total. The van der Waals surface area contributed by atoms with E-state index in [0.29, 0.717) is 5.75 Å². The van der Waals surface area contributed by atoms with E-state index < -0.39 is 0 Å². The molecule has 0 bridgehead atoms. The van der Waals surface area contributed by atoms with Gasteiger partial charge in [-0.15, -0.1) is 11.3 Å². The first kappa shape index (κ1) is 10.9. The smallest absolute Gasteiger partial charge is 0.142 e. The zero-order valence-electron chi connectivity index (χ0n) is 9.45. The van der Waals surface area contributed by atoms with E-state index in [2.05, 4.69) is 9.98 Å². The van der Waals surface area contributed by atoms with Gasteiger partial charge < -0.3 is 5.11 Å². The first-order valence-corrected chi connectivity index (χ1v) is 6.31. The third-order valence-corrected chi connectivity index (χ3v) is 3.67. The third-order valence-electron chi connectivity index (χ3n) is 2.57. The van der Waals surface area contributed by atoms with E-state index in [-0.39, 0.29) is 0 Å². The highest BCUT2D eigenvalue weighted by Crippen LogP contribution is 2.35. The van der Waals surface area contributed by atoms with Crippen LogP contribution in [0.25, 0.3) is 10.1 Å². The Kier molecular flexibility index (Phi) is 2.78. The summed E-state index contributed by atoms with van der Waals surface area (Å²) in [6, 6.07) is 11.5. The van der Waals surface area contributed by atoms with Crippen LogP contribution in [0.2, 0.25) is 0 Å². The molecule has 3 rings (SSSR count). The quantitative estimate of drug-likeness (QED) is 0.708. The Morgan fingerprint density at radius 2 is 2.06 bits per heavy atom. The number of aromatic hydroxyl groups is 1. The van der Waals surface area contributed by atoms with Gasteiger partial charge in [-0.05, 0) is 24.3 Å². The van der Waals surface area contributed by atoms with E-state index in [1.54, 1.807) is 18.6 Å². The highest BCUT2D eigenvalue weighted by atomic mass is 32.1. The first-order valence-electron chi connectivity index (χ1n) is 5.49. The summed E-state index contributed by atoms with van der Waals surface area (Å²) in [5, 5.41) is 10.9. The van der Waals surface area contributed by atoms with E-state index in [1.165, 1.54) is 11.3 Å². The van der Waals surface area contributed by atoms with Crippen molar-refractivity contribution in [2.75, 3.05) is 0 Å². The largest absolute Gasteiger partial charge is 0.506 e. The molecule has 0 atom stereocenters. The van der Waals surface area contributed by atoms with Gasteiger partial charge in [-0.3, -0.25) is 9.98 Å². The molecule has 88 valence electrons. The molecule has 0 amide bonds. The number of aromatic nitrogens is 1. The summed E-state index contributed by atoms with van der Waals surface area (Å²) < 4.78 is 1.06. The SMILES string of the molecule is Oc1c(C=Nc2cccnc2)sc2ccccc12. The molecule has 4 heteroatoms. The normalized spacial score (nSPS) is 11.3. The van der Waals surface area contributed by atoms with Crippen molar-refractivity contribution in [2.45, 2.75) is 0 Å². The number of nitrogens with zero attached hydrogens (tertiary/aromatic N) is 2. The summed E-state index contributed by atoms with van der Waals surface area (Å²) in [5.41, 5.74) is 0.773. The van der Waals surface area contributed by atoms with E-state index in [4.69, 9.17) is 0 Å². The summed E-state index contributed by atoms with van der Waals surface area (Å²) >= 11 is 1.52. The van der Waals surface area contributed by atoms with Crippen molar-refractivity contribution in [2.24, 2.45) is 4.99 Å². The van der Waals surface area contributed by atoms with Crippen LogP contribution in [0.15, 0.2) is 53.8 Å². The Balaban J connectivity index is 2.00. The Bertz CT molecular complexity index is 704. The lowest BCUT2D eigenvalue weighted by atomic mass is 10.2. The molecule has 0 fully saturated rings. The fourth-order valence-electron chi connectivity index (χ4n) is 1.70. The summed E-state index contributed by atoms with van der Waals surface area (Å²) in [4.78, 5) is 9.05. The predicted octanol–water partition coefficient (Wildman–Crippen LogP) is 3.75. The molecule has 0 spiro atoms. The van der Waals surface area contributed by atoms with Crippen LogP contribution in [-0.4, -0.2) is 16.3 Å². The number of thiophene rings is 1. The summed E-state index contributed by atoms with van der Waals surface area (Å²) in [6.45, 7) is 0. The van der Waals surface area contributed by atoms with Crippen LogP contribution in [0.1, 0.15) is 4.88 Å². The number of hydrogen-bond acceptors (Lipinski definition) is 4. The second-order valence-corrected chi connectivity index (χ2v) is 4.86. The fraction of sp³-hybridized carbons (Fsp3) is 0. The van der Waals surface area contributed by atoms with Crippen LogP contribution in [0.5, 0.6) is 5.75 Å². The second kappa shape index (κ2) is 4.58. The van der Waals surface area contributed by atoms with Crippen LogP contribution in [0.4, 0.5) is 5.69 Å². The highest BCUT2D eigenvalue weighted by molar-refractivity contribution is 7.21. The monoisotopic (exact) mass is 254 g/mol. The first-order chi connectivity index (χ1) is 8.84. The van der Waals surface area contributed by atoms with E-state index in [0.717, 1.165) is 20.7 Å². The lowest BCUT2D eigenvalue weighted by Crippen LogP contribution is -1.74. The standard InChI is InChI=1S/C14H10N2OS/c17-14-11-5-1-2-6-12(11)18-13(14)9-16-10-4-3-7-15-8-10/h1-9,17H. The summed E-state index contributed by atoms with van der Waals surface area (Å²) in [5.74, 6) is 0.295. The maximum absolute atomic E-state index is 10.1. The lowest BCUT2D eigenvalue weighted by molar-refractivity contribution is 0.483. The average molecular weight is 254 g/mol. The number of pyridine rings is 1. The van der Waals surface area contributed by atoms with E-state index in [9.17, 15) is 5.11 Å². The van der Waals surface area contributed by atoms with E-state index >= 15 is 0 Å².